The number of aliphatic carboxylic acids is 1. The average Bonchev–Trinajstić information content (AvgIpc) is 2.49. The zero-order valence-electron chi connectivity index (χ0n) is 12.1. The van der Waals surface area contributed by atoms with Gasteiger partial charge >= 0.3 is 5.97 Å². The van der Waals surface area contributed by atoms with E-state index in [4.69, 9.17) is 5.11 Å². The number of carboxylic acids is 1. The lowest BCUT2D eigenvalue weighted by atomic mass is 9.98. The molecule has 1 aliphatic heterocycles. The molecular weight excluding hydrogens is 256 g/mol. The van der Waals surface area contributed by atoms with E-state index >= 15 is 0 Å². The predicted molar refractivity (Wildman–Crippen MR) is 78.2 cm³/mol. The van der Waals surface area contributed by atoms with Crippen LogP contribution in [0.15, 0.2) is 12.4 Å². The number of hydrogen-bond donors (Lipinski definition) is 1. The van der Waals surface area contributed by atoms with E-state index in [9.17, 15) is 4.79 Å². The molecule has 1 saturated heterocycles. The molecule has 0 saturated carbocycles. The topological polar surface area (TPSA) is 69.6 Å². The van der Waals surface area contributed by atoms with Gasteiger partial charge in [0.25, 0.3) is 0 Å². The van der Waals surface area contributed by atoms with E-state index in [1.54, 1.807) is 6.33 Å². The van der Waals surface area contributed by atoms with Crippen LogP contribution in [0.4, 0.5) is 11.6 Å². The molecule has 1 N–H and O–H groups in total. The third kappa shape index (κ3) is 3.18. The Labute approximate surface area is 119 Å². The van der Waals surface area contributed by atoms with Gasteiger partial charge in [0.1, 0.15) is 18.0 Å². The molecule has 0 amide bonds. The molecule has 20 heavy (non-hydrogen) atoms. The Balaban J connectivity index is 2.16. The second-order valence-corrected chi connectivity index (χ2v) is 5.03. The molecule has 0 spiro atoms. The molecule has 1 aliphatic rings. The smallest absolute Gasteiger partial charge is 0.308 e. The van der Waals surface area contributed by atoms with Crippen molar-refractivity contribution in [3.05, 3.63) is 12.4 Å². The monoisotopic (exact) mass is 278 g/mol. The highest BCUT2D eigenvalue weighted by atomic mass is 16.4. The summed E-state index contributed by atoms with van der Waals surface area (Å²) in [4.78, 5) is 23.9. The molecule has 0 aliphatic carbocycles. The Morgan fingerprint density at radius 1 is 1.45 bits per heavy atom. The van der Waals surface area contributed by atoms with Crippen molar-refractivity contribution in [1.29, 1.82) is 0 Å². The number of aromatic nitrogens is 2. The summed E-state index contributed by atoms with van der Waals surface area (Å²) in [6.45, 7) is 7.36. The zero-order valence-corrected chi connectivity index (χ0v) is 12.1. The van der Waals surface area contributed by atoms with Crippen molar-refractivity contribution < 1.29 is 9.90 Å². The summed E-state index contributed by atoms with van der Waals surface area (Å²) in [5.74, 6) is 0.716. The Morgan fingerprint density at radius 3 is 2.85 bits per heavy atom. The van der Waals surface area contributed by atoms with Gasteiger partial charge in [-0.25, -0.2) is 9.97 Å². The maximum atomic E-state index is 11.1. The van der Waals surface area contributed by atoms with Gasteiger partial charge in [0.15, 0.2) is 0 Å². The van der Waals surface area contributed by atoms with Crippen LogP contribution in [-0.4, -0.2) is 47.2 Å². The molecule has 110 valence electrons. The standard InChI is InChI=1S/C14H22N4O2/c1-3-17(4-2)12-8-13(16-10-15-12)18-7-5-6-11(9-18)14(19)20/h8,10-11H,3-7,9H2,1-2H3,(H,19,20)/t11-/m1/s1. The maximum Gasteiger partial charge on any atom is 0.308 e. The minimum Gasteiger partial charge on any atom is -0.481 e. The van der Waals surface area contributed by atoms with E-state index in [2.05, 4.69) is 33.6 Å². The van der Waals surface area contributed by atoms with Crippen LogP contribution in [0, 0.1) is 5.92 Å². The number of anilines is 2. The molecule has 2 rings (SSSR count). The first-order valence-corrected chi connectivity index (χ1v) is 7.20. The van der Waals surface area contributed by atoms with Crippen molar-refractivity contribution in [1.82, 2.24) is 9.97 Å². The maximum absolute atomic E-state index is 11.1. The zero-order chi connectivity index (χ0) is 14.5. The minimum atomic E-state index is -0.715. The highest BCUT2D eigenvalue weighted by Gasteiger charge is 2.26. The van der Waals surface area contributed by atoms with Gasteiger partial charge in [0.2, 0.25) is 0 Å². The van der Waals surface area contributed by atoms with Crippen LogP contribution in [0.1, 0.15) is 26.7 Å². The van der Waals surface area contributed by atoms with Gasteiger partial charge in [-0.15, -0.1) is 0 Å². The quantitative estimate of drug-likeness (QED) is 0.882. The van der Waals surface area contributed by atoms with E-state index < -0.39 is 5.97 Å². The summed E-state index contributed by atoms with van der Waals surface area (Å²) >= 11 is 0. The van der Waals surface area contributed by atoms with Gasteiger partial charge in [-0.05, 0) is 26.7 Å². The van der Waals surface area contributed by atoms with Crippen LogP contribution < -0.4 is 9.80 Å². The second kappa shape index (κ2) is 6.54. The summed E-state index contributed by atoms with van der Waals surface area (Å²) in [7, 11) is 0. The summed E-state index contributed by atoms with van der Waals surface area (Å²) in [6, 6.07) is 1.96. The lowest BCUT2D eigenvalue weighted by Crippen LogP contribution is -2.39. The molecule has 1 fully saturated rings. The second-order valence-electron chi connectivity index (χ2n) is 5.03. The number of nitrogens with zero attached hydrogens (tertiary/aromatic N) is 4. The molecule has 6 nitrogen and oxygen atoms in total. The largest absolute Gasteiger partial charge is 0.481 e. The normalized spacial score (nSPS) is 18.9. The van der Waals surface area contributed by atoms with Crippen LogP contribution in [0.3, 0.4) is 0 Å². The molecule has 0 radical (unpaired) electrons. The van der Waals surface area contributed by atoms with E-state index in [-0.39, 0.29) is 5.92 Å². The van der Waals surface area contributed by atoms with E-state index in [0.29, 0.717) is 6.54 Å². The number of carboxylic acid groups (broad SMARTS) is 1. The number of piperidine rings is 1. The van der Waals surface area contributed by atoms with Crippen molar-refractivity contribution in [3.63, 3.8) is 0 Å². The van der Waals surface area contributed by atoms with Crippen molar-refractivity contribution in [2.24, 2.45) is 5.92 Å². The van der Waals surface area contributed by atoms with Crippen LogP contribution in [0.25, 0.3) is 0 Å². The van der Waals surface area contributed by atoms with E-state index in [1.807, 2.05) is 6.07 Å². The third-order valence-electron chi connectivity index (χ3n) is 3.82. The summed E-state index contributed by atoms with van der Waals surface area (Å²) in [5.41, 5.74) is 0. The Morgan fingerprint density at radius 2 is 2.20 bits per heavy atom. The molecule has 0 bridgehead atoms. The lowest BCUT2D eigenvalue weighted by Gasteiger charge is -2.32. The van der Waals surface area contributed by atoms with E-state index in [1.165, 1.54) is 0 Å². The molecule has 6 heteroatoms. The molecular formula is C14H22N4O2. The fraction of sp³-hybridized carbons (Fsp3) is 0.643. The van der Waals surface area contributed by atoms with Crippen molar-refractivity contribution >= 4 is 17.6 Å². The number of hydrogen-bond acceptors (Lipinski definition) is 5. The first kappa shape index (κ1) is 14.6. The molecule has 2 heterocycles. The van der Waals surface area contributed by atoms with Gasteiger partial charge in [-0.2, -0.15) is 0 Å². The van der Waals surface area contributed by atoms with Gasteiger partial charge in [-0.1, -0.05) is 0 Å². The SMILES string of the molecule is CCN(CC)c1cc(N2CCC[C@@H](C(=O)O)C2)ncn1. The number of rotatable bonds is 5. The van der Waals surface area contributed by atoms with Gasteiger partial charge in [0.05, 0.1) is 5.92 Å². The Hall–Kier alpha value is -1.85. The molecule has 0 aromatic carbocycles. The summed E-state index contributed by atoms with van der Waals surface area (Å²) in [6.07, 6.45) is 3.20. The Kier molecular flexibility index (Phi) is 4.76. The van der Waals surface area contributed by atoms with Crippen molar-refractivity contribution in [2.45, 2.75) is 26.7 Å². The third-order valence-corrected chi connectivity index (χ3v) is 3.82. The van der Waals surface area contributed by atoms with Crippen molar-refractivity contribution in [3.8, 4) is 0 Å². The Bertz CT molecular complexity index is 462. The van der Waals surface area contributed by atoms with Crippen LogP contribution in [-0.2, 0) is 4.79 Å². The molecule has 1 atom stereocenters. The molecule has 1 aromatic heterocycles. The number of carbonyl (C=O) groups is 1. The highest BCUT2D eigenvalue weighted by molar-refractivity contribution is 5.71. The predicted octanol–water partition coefficient (Wildman–Crippen LogP) is 1.62. The van der Waals surface area contributed by atoms with Crippen LogP contribution in [0.5, 0.6) is 0 Å². The first-order chi connectivity index (χ1) is 9.65. The fourth-order valence-corrected chi connectivity index (χ4v) is 2.62. The molecule has 1 aromatic rings. The van der Waals surface area contributed by atoms with Crippen LogP contribution >= 0.6 is 0 Å². The van der Waals surface area contributed by atoms with Gasteiger partial charge in [-0.3, -0.25) is 4.79 Å². The van der Waals surface area contributed by atoms with Crippen molar-refractivity contribution in [2.75, 3.05) is 36.0 Å². The average molecular weight is 278 g/mol. The summed E-state index contributed by atoms with van der Waals surface area (Å²) in [5, 5.41) is 9.15. The van der Waals surface area contributed by atoms with Gasteiger partial charge < -0.3 is 14.9 Å². The fourth-order valence-electron chi connectivity index (χ4n) is 2.62. The lowest BCUT2D eigenvalue weighted by molar-refractivity contribution is -0.141. The van der Waals surface area contributed by atoms with Crippen LogP contribution in [0.2, 0.25) is 0 Å². The van der Waals surface area contributed by atoms with Gasteiger partial charge in [0, 0.05) is 32.2 Å². The first-order valence-electron chi connectivity index (χ1n) is 7.20. The minimum absolute atomic E-state index is 0.296. The summed E-state index contributed by atoms with van der Waals surface area (Å²) < 4.78 is 0. The highest BCUT2D eigenvalue weighted by Crippen LogP contribution is 2.23. The van der Waals surface area contributed by atoms with E-state index in [0.717, 1.165) is 44.1 Å². The molecule has 0 unspecified atom stereocenters.